The molecule has 1 aliphatic rings. The van der Waals surface area contributed by atoms with Crippen molar-refractivity contribution in [3.05, 3.63) is 48.0 Å². The maximum atomic E-state index is 14.1. The standard InChI is InChI=1S/C25H33FN6O/c1-5-32(23-20(30-25(2,3)4)8-9-22(26)29-23)18-10-12-31(13-11-18)24(33)21-15-16-14-17(27)6-7-19(16)28-21/h6-9,14-15,18,28,30H,5,10-13,27H2,1-4H3. The number of H-pyrrole nitrogens is 1. The molecule has 3 heterocycles. The Labute approximate surface area is 194 Å². The summed E-state index contributed by atoms with van der Waals surface area (Å²) in [6.07, 6.45) is 1.58. The molecule has 7 nitrogen and oxygen atoms in total. The quantitative estimate of drug-likeness (QED) is 0.388. The van der Waals surface area contributed by atoms with Crippen LogP contribution in [0.5, 0.6) is 0 Å². The van der Waals surface area contributed by atoms with Crippen molar-refractivity contribution in [2.45, 2.75) is 52.1 Å². The van der Waals surface area contributed by atoms with Crippen LogP contribution in [0.15, 0.2) is 36.4 Å². The number of fused-ring (bicyclic) bond motifs is 1. The smallest absolute Gasteiger partial charge is 0.270 e. The van der Waals surface area contributed by atoms with E-state index in [1.165, 1.54) is 6.07 Å². The Morgan fingerprint density at radius 3 is 2.64 bits per heavy atom. The van der Waals surface area contributed by atoms with Gasteiger partial charge in [-0.1, -0.05) is 0 Å². The highest BCUT2D eigenvalue weighted by atomic mass is 19.1. The summed E-state index contributed by atoms with van der Waals surface area (Å²) < 4.78 is 14.1. The average Bonchev–Trinajstić information content (AvgIpc) is 3.18. The van der Waals surface area contributed by atoms with Crippen molar-refractivity contribution in [1.29, 1.82) is 0 Å². The SMILES string of the molecule is CCN(c1nc(F)ccc1NC(C)(C)C)C1CCN(C(=O)c2cc3cc(N)ccc3[nH]2)CC1. The lowest BCUT2D eigenvalue weighted by atomic mass is 10.0. The molecule has 0 spiro atoms. The average molecular weight is 453 g/mol. The molecule has 0 saturated carbocycles. The Morgan fingerprint density at radius 2 is 1.97 bits per heavy atom. The zero-order chi connectivity index (χ0) is 23.8. The van der Waals surface area contributed by atoms with Gasteiger partial charge >= 0.3 is 0 Å². The fourth-order valence-electron chi connectivity index (χ4n) is 4.54. The van der Waals surface area contributed by atoms with Crippen LogP contribution in [0.3, 0.4) is 0 Å². The van der Waals surface area contributed by atoms with Gasteiger partial charge in [-0.15, -0.1) is 0 Å². The van der Waals surface area contributed by atoms with Crippen LogP contribution in [0.4, 0.5) is 21.6 Å². The van der Waals surface area contributed by atoms with Gasteiger partial charge in [-0.2, -0.15) is 4.39 Å². The van der Waals surface area contributed by atoms with Crippen LogP contribution in [0, 0.1) is 5.95 Å². The van der Waals surface area contributed by atoms with E-state index < -0.39 is 5.95 Å². The lowest BCUT2D eigenvalue weighted by Gasteiger charge is -2.39. The van der Waals surface area contributed by atoms with Crippen LogP contribution in [0.1, 0.15) is 51.0 Å². The molecule has 2 aromatic heterocycles. The number of nitrogen functional groups attached to an aromatic ring is 1. The Kier molecular flexibility index (Phi) is 6.19. The van der Waals surface area contributed by atoms with E-state index >= 15 is 0 Å². The summed E-state index contributed by atoms with van der Waals surface area (Å²) >= 11 is 0. The molecule has 33 heavy (non-hydrogen) atoms. The van der Waals surface area contributed by atoms with E-state index in [9.17, 15) is 9.18 Å². The third-order valence-electron chi connectivity index (χ3n) is 6.03. The number of benzene rings is 1. The molecule has 1 amide bonds. The van der Waals surface area contributed by atoms with Crippen molar-refractivity contribution in [1.82, 2.24) is 14.9 Å². The molecule has 0 atom stereocenters. The number of likely N-dealkylation sites (tertiary alicyclic amines) is 1. The van der Waals surface area contributed by atoms with E-state index in [-0.39, 0.29) is 17.5 Å². The lowest BCUT2D eigenvalue weighted by Crippen LogP contribution is -2.47. The zero-order valence-electron chi connectivity index (χ0n) is 19.8. The molecule has 3 aromatic rings. The molecular weight excluding hydrogens is 419 g/mol. The van der Waals surface area contributed by atoms with Crippen LogP contribution in [0.25, 0.3) is 10.9 Å². The van der Waals surface area contributed by atoms with Crippen molar-refractivity contribution < 1.29 is 9.18 Å². The number of amides is 1. The van der Waals surface area contributed by atoms with E-state index in [2.05, 4.69) is 47.9 Å². The summed E-state index contributed by atoms with van der Waals surface area (Å²) in [6, 6.07) is 10.8. The van der Waals surface area contributed by atoms with Crippen molar-refractivity contribution >= 4 is 34.0 Å². The highest BCUT2D eigenvalue weighted by Gasteiger charge is 2.30. The van der Waals surface area contributed by atoms with Gasteiger partial charge in [0.15, 0.2) is 5.82 Å². The molecule has 4 rings (SSSR count). The first kappa shape index (κ1) is 22.9. The van der Waals surface area contributed by atoms with E-state index in [0.717, 1.165) is 29.4 Å². The number of hydrogen-bond acceptors (Lipinski definition) is 5. The molecule has 8 heteroatoms. The number of nitrogens with one attached hydrogen (secondary N) is 2. The molecule has 1 saturated heterocycles. The second kappa shape index (κ2) is 8.92. The van der Waals surface area contributed by atoms with Crippen LogP contribution in [-0.4, -0.2) is 52.0 Å². The topological polar surface area (TPSA) is 90.3 Å². The second-order valence-electron chi connectivity index (χ2n) is 9.72. The number of carbonyl (C=O) groups is 1. The molecular formula is C25H33FN6O. The van der Waals surface area contributed by atoms with E-state index in [0.29, 0.717) is 36.8 Å². The predicted octanol–water partition coefficient (Wildman–Crippen LogP) is 4.63. The third-order valence-corrected chi connectivity index (χ3v) is 6.03. The summed E-state index contributed by atoms with van der Waals surface area (Å²) in [4.78, 5) is 24.6. The van der Waals surface area contributed by atoms with Crippen molar-refractivity contribution in [3.63, 3.8) is 0 Å². The number of aromatic amines is 1. The summed E-state index contributed by atoms with van der Waals surface area (Å²) in [5.74, 6) is 0.130. The van der Waals surface area contributed by atoms with E-state index in [4.69, 9.17) is 5.73 Å². The predicted molar refractivity (Wildman–Crippen MR) is 132 cm³/mol. The molecule has 0 bridgehead atoms. The third kappa shape index (κ3) is 5.05. The molecule has 1 aliphatic heterocycles. The Balaban J connectivity index is 1.48. The van der Waals surface area contributed by atoms with Crippen molar-refractivity contribution in [3.8, 4) is 0 Å². The fraction of sp³-hybridized carbons (Fsp3) is 0.440. The number of pyridine rings is 1. The molecule has 4 N–H and O–H groups in total. The monoisotopic (exact) mass is 452 g/mol. The van der Waals surface area contributed by atoms with Gasteiger partial charge in [0.2, 0.25) is 5.95 Å². The van der Waals surface area contributed by atoms with Gasteiger partial charge in [0.25, 0.3) is 5.91 Å². The number of nitrogens with two attached hydrogens (primary N) is 1. The zero-order valence-corrected chi connectivity index (χ0v) is 19.8. The first-order valence-corrected chi connectivity index (χ1v) is 11.5. The normalized spacial score (nSPS) is 15.1. The van der Waals surface area contributed by atoms with E-state index in [1.807, 2.05) is 29.2 Å². The molecule has 0 unspecified atom stereocenters. The Bertz CT molecular complexity index is 1140. The number of rotatable bonds is 5. The highest BCUT2D eigenvalue weighted by Crippen LogP contribution is 2.31. The fourth-order valence-corrected chi connectivity index (χ4v) is 4.54. The Morgan fingerprint density at radius 1 is 1.24 bits per heavy atom. The second-order valence-corrected chi connectivity index (χ2v) is 9.72. The first-order valence-electron chi connectivity index (χ1n) is 11.5. The maximum Gasteiger partial charge on any atom is 0.270 e. The van der Waals surface area contributed by atoms with Gasteiger partial charge in [-0.05, 0) is 76.9 Å². The summed E-state index contributed by atoms with van der Waals surface area (Å²) in [6.45, 7) is 10.2. The van der Waals surface area contributed by atoms with Crippen LogP contribution in [0.2, 0.25) is 0 Å². The van der Waals surface area contributed by atoms with Crippen LogP contribution >= 0.6 is 0 Å². The summed E-state index contributed by atoms with van der Waals surface area (Å²) in [5.41, 5.74) is 8.66. The van der Waals surface area contributed by atoms with Crippen LogP contribution in [-0.2, 0) is 0 Å². The van der Waals surface area contributed by atoms with Crippen molar-refractivity contribution in [2.75, 3.05) is 35.6 Å². The molecule has 1 fully saturated rings. The van der Waals surface area contributed by atoms with E-state index in [1.54, 1.807) is 6.07 Å². The summed E-state index contributed by atoms with van der Waals surface area (Å²) in [7, 11) is 0. The number of anilines is 3. The number of hydrogen-bond donors (Lipinski definition) is 3. The lowest BCUT2D eigenvalue weighted by molar-refractivity contribution is 0.0707. The minimum atomic E-state index is -0.491. The minimum absolute atomic E-state index is 0.00904. The molecule has 176 valence electrons. The number of halogens is 1. The van der Waals surface area contributed by atoms with Gasteiger partial charge < -0.3 is 25.8 Å². The highest BCUT2D eigenvalue weighted by molar-refractivity contribution is 5.98. The largest absolute Gasteiger partial charge is 0.399 e. The number of nitrogens with zero attached hydrogens (tertiary/aromatic N) is 3. The number of aromatic nitrogens is 2. The van der Waals surface area contributed by atoms with Crippen LogP contribution < -0.4 is 16.0 Å². The van der Waals surface area contributed by atoms with Gasteiger partial charge in [0.1, 0.15) is 5.69 Å². The molecule has 0 aliphatic carbocycles. The minimum Gasteiger partial charge on any atom is -0.399 e. The van der Waals surface area contributed by atoms with Gasteiger partial charge in [-0.3, -0.25) is 4.79 Å². The Hall–Kier alpha value is -3.29. The van der Waals surface area contributed by atoms with Crippen molar-refractivity contribution in [2.24, 2.45) is 0 Å². The molecule has 1 aromatic carbocycles. The number of piperidine rings is 1. The van der Waals surface area contributed by atoms with Gasteiger partial charge in [0.05, 0.1) is 5.69 Å². The first-order chi connectivity index (χ1) is 15.6. The van der Waals surface area contributed by atoms with Gasteiger partial charge in [0, 0.05) is 47.8 Å². The maximum absolute atomic E-state index is 14.1. The summed E-state index contributed by atoms with van der Waals surface area (Å²) in [5, 5.41) is 4.38. The number of carbonyl (C=O) groups excluding carboxylic acids is 1. The molecule has 0 radical (unpaired) electrons. The van der Waals surface area contributed by atoms with Gasteiger partial charge in [-0.25, -0.2) is 4.98 Å².